The minimum atomic E-state index is -0.614. The largest absolute Gasteiger partial charge is 0.494 e. The fourth-order valence-corrected chi connectivity index (χ4v) is 2.57. The predicted molar refractivity (Wildman–Crippen MR) is 112 cm³/mol. The van der Waals surface area contributed by atoms with Gasteiger partial charge in [0.2, 0.25) is 0 Å². The lowest BCUT2D eigenvalue weighted by atomic mass is 10.2. The van der Waals surface area contributed by atoms with E-state index in [1.165, 1.54) is 0 Å². The summed E-state index contributed by atoms with van der Waals surface area (Å²) in [6, 6.07) is 16.6. The first-order valence-electron chi connectivity index (χ1n) is 9.30. The van der Waals surface area contributed by atoms with E-state index in [0.29, 0.717) is 23.5 Å². The van der Waals surface area contributed by atoms with Gasteiger partial charge in [0, 0.05) is 23.1 Å². The van der Waals surface area contributed by atoms with Crippen LogP contribution in [0.3, 0.4) is 0 Å². The third kappa shape index (κ3) is 5.71. The van der Waals surface area contributed by atoms with Gasteiger partial charge in [-0.2, -0.15) is 0 Å². The van der Waals surface area contributed by atoms with Gasteiger partial charge in [0.05, 0.1) is 6.61 Å². The highest BCUT2D eigenvalue weighted by Crippen LogP contribution is 2.17. The summed E-state index contributed by atoms with van der Waals surface area (Å²) in [6.07, 6.45) is 1.59. The number of carbonyl (C=O) groups excluding carboxylic acids is 3. The molecule has 0 spiro atoms. The number of benzene rings is 2. The molecule has 0 aliphatic heterocycles. The maximum absolute atomic E-state index is 12.4. The van der Waals surface area contributed by atoms with Crippen molar-refractivity contribution in [1.82, 2.24) is 4.98 Å². The second-order valence-corrected chi connectivity index (χ2v) is 6.20. The molecule has 1 heterocycles. The Hall–Kier alpha value is -4.07. The van der Waals surface area contributed by atoms with Crippen molar-refractivity contribution < 1.29 is 23.9 Å². The number of aromatic nitrogens is 1. The molecule has 1 aromatic heterocycles. The van der Waals surface area contributed by atoms with Gasteiger partial charge < -0.3 is 25.1 Å². The molecule has 154 valence electrons. The van der Waals surface area contributed by atoms with Crippen LogP contribution >= 0.6 is 0 Å². The molecule has 8 heteroatoms. The number of H-pyrrole nitrogens is 1. The molecule has 0 saturated heterocycles. The fraction of sp³-hybridized carbons (Fsp3) is 0.136. The summed E-state index contributed by atoms with van der Waals surface area (Å²) >= 11 is 0. The number of hydrogen-bond acceptors (Lipinski definition) is 5. The van der Waals surface area contributed by atoms with Gasteiger partial charge in [-0.15, -0.1) is 0 Å². The summed E-state index contributed by atoms with van der Waals surface area (Å²) in [5.74, 6) is -0.649. The van der Waals surface area contributed by atoms with Crippen molar-refractivity contribution in [2.45, 2.75) is 6.92 Å². The smallest absolute Gasteiger partial charge is 0.355 e. The van der Waals surface area contributed by atoms with E-state index in [4.69, 9.17) is 9.47 Å². The van der Waals surface area contributed by atoms with Crippen LogP contribution in [-0.2, 0) is 9.53 Å². The van der Waals surface area contributed by atoms with Crippen molar-refractivity contribution in [2.24, 2.45) is 0 Å². The lowest BCUT2D eigenvalue weighted by molar-refractivity contribution is -0.119. The van der Waals surface area contributed by atoms with E-state index in [2.05, 4.69) is 15.6 Å². The van der Waals surface area contributed by atoms with Crippen LogP contribution < -0.4 is 15.4 Å². The molecule has 2 aromatic carbocycles. The molecule has 0 radical (unpaired) electrons. The average molecular weight is 407 g/mol. The van der Waals surface area contributed by atoms with Crippen molar-refractivity contribution in [3.63, 3.8) is 0 Å². The second kappa shape index (κ2) is 9.92. The van der Waals surface area contributed by atoms with Crippen molar-refractivity contribution in [1.29, 1.82) is 0 Å². The van der Waals surface area contributed by atoms with E-state index in [0.717, 1.165) is 5.75 Å². The summed E-state index contributed by atoms with van der Waals surface area (Å²) in [6.45, 7) is 2.05. The predicted octanol–water partition coefficient (Wildman–Crippen LogP) is 3.46. The Labute approximate surface area is 173 Å². The molecule has 0 fully saturated rings. The Balaban J connectivity index is 1.49. The molecule has 0 bridgehead atoms. The third-order valence-electron chi connectivity index (χ3n) is 4.01. The number of aromatic amines is 1. The summed E-state index contributed by atoms with van der Waals surface area (Å²) in [5, 5.41) is 5.40. The maximum atomic E-state index is 12.4. The van der Waals surface area contributed by atoms with Crippen LogP contribution in [0.15, 0.2) is 66.9 Å². The van der Waals surface area contributed by atoms with Crippen LogP contribution in [0.4, 0.5) is 11.4 Å². The number of rotatable bonds is 8. The molecule has 8 nitrogen and oxygen atoms in total. The monoisotopic (exact) mass is 407 g/mol. The molecular weight excluding hydrogens is 386 g/mol. The number of esters is 1. The van der Waals surface area contributed by atoms with Crippen LogP contribution in [0.25, 0.3) is 0 Å². The van der Waals surface area contributed by atoms with Crippen molar-refractivity contribution in [3.8, 4) is 5.75 Å². The topological polar surface area (TPSA) is 110 Å². The van der Waals surface area contributed by atoms with Gasteiger partial charge in [0.15, 0.2) is 6.61 Å². The summed E-state index contributed by atoms with van der Waals surface area (Å²) < 4.78 is 10.3. The number of anilines is 2. The van der Waals surface area contributed by atoms with Crippen LogP contribution in [-0.4, -0.2) is 36.0 Å². The van der Waals surface area contributed by atoms with Gasteiger partial charge in [-0.3, -0.25) is 9.59 Å². The zero-order valence-electron chi connectivity index (χ0n) is 16.3. The minimum Gasteiger partial charge on any atom is -0.494 e. The van der Waals surface area contributed by atoms with E-state index >= 15 is 0 Å². The Kier molecular flexibility index (Phi) is 6.83. The van der Waals surface area contributed by atoms with Crippen molar-refractivity contribution in [2.75, 3.05) is 23.8 Å². The maximum Gasteiger partial charge on any atom is 0.355 e. The Morgan fingerprint density at radius 2 is 1.57 bits per heavy atom. The molecular formula is C22H21N3O5. The van der Waals surface area contributed by atoms with E-state index < -0.39 is 18.5 Å². The molecule has 2 amide bonds. The lowest BCUT2D eigenvalue weighted by Gasteiger charge is -2.09. The molecule has 0 unspecified atom stereocenters. The Morgan fingerprint density at radius 1 is 0.900 bits per heavy atom. The fourth-order valence-electron chi connectivity index (χ4n) is 2.57. The highest BCUT2D eigenvalue weighted by molar-refractivity contribution is 6.04. The summed E-state index contributed by atoms with van der Waals surface area (Å²) in [5.41, 5.74) is 1.82. The number of nitrogens with one attached hydrogen (secondary N) is 3. The number of carbonyl (C=O) groups is 3. The van der Waals surface area contributed by atoms with Crippen LogP contribution in [0.5, 0.6) is 5.75 Å². The number of amides is 2. The van der Waals surface area contributed by atoms with Crippen molar-refractivity contribution >= 4 is 29.2 Å². The minimum absolute atomic E-state index is 0.269. The molecule has 3 N–H and O–H groups in total. The highest BCUT2D eigenvalue weighted by atomic mass is 16.5. The first-order chi connectivity index (χ1) is 14.5. The van der Waals surface area contributed by atoms with Crippen molar-refractivity contribution in [3.05, 3.63) is 78.1 Å². The molecule has 0 aliphatic carbocycles. The van der Waals surface area contributed by atoms with Crippen LogP contribution in [0.2, 0.25) is 0 Å². The molecule has 3 rings (SSSR count). The van der Waals surface area contributed by atoms with E-state index in [1.807, 2.05) is 6.92 Å². The SMILES string of the molecule is CCOc1ccc(NC(=O)c2ccc(NC(=O)COC(=O)c3ccc[nH]3)cc2)cc1. The molecule has 0 saturated carbocycles. The van der Waals surface area contributed by atoms with Crippen LogP contribution in [0.1, 0.15) is 27.8 Å². The standard InChI is InChI=1S/C22H21N3O5/c1-2-29-18-11-9-17(10-12-18)25-21(27)15-5-7-16(8-6-15)24-20(26)14-30-22(28)19-4-3-13-23-19/h3-13,23H,2,14H2,1H3,(H,24,26)(H,25,27). The first kappa shape index (κ1) is 20.7. The van der Waals surface area contributed by atoms with E-state index in [1.54, 1.807) is 66.9 Å². The molecule has 0 atom stereocenters. The summed E-state index contributed by atoms with van der Waals surface area (Å²) in [7, 11) is 0. The van der Waals surface area contributed by atoms with Gasteiger partial charge in [0.1, 0.15) is 11.4 Å². The molecule has 30 heavy (non-hydrogen) atoms. The molecule has 3 aromatic rings. The van der Waals surface area contributed by atoms with Crippen LogP contribution in [0, 0.1) is 0 Å². The lowest BCUT2D eigenvalue weighted by Crippen LogP contribution is -2.21. The van der Waals surface area contributed by atoms with Gasteiger partial charge in [-0.05, 0) is 67.6 Å². The van der Waals surface area contributed by atoms with E-state index in [9.17, 15) is 14.4 Å². The Morgan fingerprint density at radius 3 is 2.20 bits per heavy atom. The van der Waals surface area contributed by atoms with Gasteiger partial charge in [-0.25, -0.2) is 4.79 Å². The normalized spacial score (nSPS) is 10.2. The number of hydrogen-bond donors (Lipinski definition) is 3. The van der Waals surface area contributed by atoms with E-state index in [-0.39, 0.29) is 11.6 Å². The summed E-state index contributed by atoms with van der Waals surface area (Å²) in [4.78, 5) is 38.7. The van der Waals surface area contributed by atoms with Gasteiger partial charge in [-0.1, -0.05) is 0 Å². The first-order valence-corrected chi connectivity index (χ1v) is 9.30. The quantitative estimate of drug-likeness (QED) is 0.496. The molecule has 0 aliphatic rings. The average Bonchev–Trinajstić information content (AvgIpc) is 3.29. The number of ether oxygens (including phenoxy) is 2. The Bertz CT molecular complexity index is 996. The second-order valence-electron chi connectivity index (χ2n) is 6.20. The highest BCUT2D eigenvalue weighted by Gasteiger charge is 2.11. The third-order valence-corrected chi connectivity index (χ3v) is 4.01. The zero-order chi connectivity index (χ0) is 21.3. The zero-order valence-corrected chi connectivity index (χ0v) is 16.3. The van der Waals surface area contributed by atoms with Gasteiger partial charge >= 0.3 is 5.97 Å². The van der Waals surface area contributed by atoms with Gasteiger partial charge in [0.25, 0.3) is 11.8 Å².